The lowest BCUT2D eigenvalue weighted by molar-refractivity contribution is 0.147. The maximum absolute atomic E-state index is 6.13. The molecule has 3 nitrogen and oxygen atoms in total. The number of nitrogens with zero attached hydrogens (tertiary/aromatic N) is 1. The van der Waals surface area contributed by atoms with Gasteiger partial charge in [-0.2, -0.15) is 0 Å². The highest BCUT2D eigenvalue weighted by molar-refractivity contribution is 6.31. The number of anilines is 1. The van der Waals surface area contributed by atoms with E-state index in [1.165, 1.54) is 0 Å². The van der Waals surface area contributed by atoms with Crippen LogP contribution < -0.4 is 5.73 Å². The highest BCUT2D eigenvalue weighted by Gasteiger charge is 2.09. The van der Waals surface area contributed by atoms with Crippen molar-refractivity contribution in [2.75, 3.05) is 32.5 Å². The molecule has 16 heavy (non-hydrogen) atoms. The zero-order chi connectivity index (χ0) is 12.0. The number of nitrogen functional groups attached to an aromatic ring is 1. The van der Waals surface area contributed by atoms with E-state index in [-0.39, 0.29) is 0 Å². The Kier molecular flexibility index (Phi) is 5.60. The summed E-state index contributed by atoms with van der Waals surface area (Å²) in [5.74, 6) is 0. The van der Waals surface area contributed by atoms with Gasteiger partial charge in [0, 0.05) is 36.5 Å². The molecule has 0 saturated heterocycles. The Morgan fingerprint density at radius 2 is 2.19 bits per heavy atom. The van der Waals surface area contributed by atoms with Crippen molar-refractivity contribution in [2.24, 2.45) is 0 Å². The SMILES string of the molecule is CCN(CCOC)Cc1c(N)cccc1Cl. The molecule has 0 heterocycles. The first-order chi connectivity index (χ1) is 7.69. The van der Waals surface area contributed by atoms with Crippen LogP contribution in [0.3, 0.4) is 0 Å². The zero-order valence-electron chi connectivity index (χ0n) is 9.87. The Bertz CT molecular complexity index is 311. The number of nitrogens with two attached hydrogens (primary N) is 1. The lowest BCUT2D eigenvalue weighted by atomic mass is 10.1. The van der Waals surface area contributed by atoms with Crippen LogP contribution >= 0.6 is 11.6 Å². The van der Waals surface area contributed by atoms with E-state index in [9.17, 15) is 0 Å². The predicted octanol–water partition coefficient (Wildman–Crippen LogP) is 2.39. The number of rotatable bonds is 6. The standard InChI is InChI=1S/C12H19ClN2O/c1-3-15(7-8-16-2)9-10-11(13)5-4-6-12(10)14/h4-6H,3,7-9,14H2,1-2H3. The van der Waals surface area contributed by atoms with Gasteiger partial charge in [0.05, 0.1) is 6.61 Å². The van der Waals surface area contributed by atoms with Gasteiger partial charge in [0.25, 0.3) is 0 Å². The molecule has 1 aromatic carbocycles. The zero-order valence-corrected chi connectivity index (χ0v) is 10.6. The van der Waals surface area contributed by atoms with Crippen molar-refractivity contribution >= 4 is 17.3 Å². The minimum atomic E-state index is 0.720. The minimum Gasteiger partial charge on any atom is -0.398 e. The van der Waals surface area contributed by atoms with Crippen molar-refractivity contribution in [2.45, 2.75) is 13.5 Å². The third kappa shape index (κ3) is 3.67. The molecule has 0 unspecified atom stereocenters. The van der Waals surface area contributed by atoms with Gasteiger partial charge in [-0.3, -0.25) is 4.90 Å². The molecule has 0 fully saturated rings. The Balaban J connectivity index is 2.69. The lowest BCUT2D eigenvalue weighted by Crippen LogP contribution is -2.27. The average Bonchev–Trinajstić information content (AvgIpc) is 2.28. The fourth-order valence-electron chi connectivity index (χ4n) is 1.54. The van der Waals surface area contributed by atoms with Gasteiger partial charge in [-0.1, -0.05) is 24.6 Å². The summed E-state index contributed by atoms with van der Waals surface area (Å²) in [6, 6.07) is 5.62. The topological polar surface area (TPSA) is 38.5 Å². The van der Waals surface area contributed by atoms with E-state index < -0.39 is 0 Å². The van der Waals surface area contributed by atoms with Crippen LogP contribution in [0, 0.1) is 0 Å². The second-order valence-corrected chi connectivity index (χ2v) is 4.08. The second-order valence-electron chi connectivity index (χ2n) is 3.67. The molecular weight excluding hydrogens is 224 g/mol. The highest BCUT2D eigenvalue weighted by Crippen LogP contribution is 2.23. The number of likely N-dealkylation sites (N-methyl/N-ethyl adjacent to an activating group) is 1. The van der Waals surface area contributed by atoms with Crippen LogP contribution in [0.25, 0.3) is 0 Å². The van der Waals surface area contributed by atoms with E-state index in [2.05, 4.69) is 11.8 Å². The summed E-state index contributed by atoms with van der Waals surface area (Å²) in [5, 5.41) is 0.732. The van der Waals surface area contributed by atoms with E-state index in [4.69, 9.17) is 22.1 Å². The van der Waals surface area contributed by atoms with Crippen molar-refractivity contribution in [3.05, 3.63) is 28.8 Å². The molecule has 2 N–H and O–H groups in total. The van der Waals surface area contributed by atoms with Crippen LogP contribution in [0.5, 0.6) is 0 Å². The summed E-state index contributed by atoms with van der Waals surface area (Å²) in [7, 11) is 1.71. The lowest BCUT2D eigenvalue weighted by Gasteiger charge is -2.21. The Labute approximate surface area is 102 Å². The molecule has 0 atom stereocenters. The molecule has 0 radical (unpaired) electrons. The van der Waals surface area contributed by atoms with Crippen molar-refractivity contribution in [3.63, 3.8) is 0 Å². The Morgan fingerprint density at radius 3 is 2.75 bits per heavy atom. The van der Waals surface area contributed by atoms with E-state index >= 15 is 0 Å². The maximum Gasteiger partial charge on any atom is 0.0589 e. The number of ether oxygens (including phenoxy) is 1. The van der Waals surface area contributed by atoms with Crippen LogP contribution in [-0.2, 0) is 11.3 Å². The van der Waals surface area contributed by atoms with Crippen LogP contribution in [0.1, 0.15) is 12.5 Å². The van der Waals surface area contributed by atoms with Crippen molar-refractivity contribution in [3.8, 4) is 0 Å². The van der Waals surface area contributed by atoms with Gasteiger partial charge < -0.3 is 10.5 Å². The third-order valence-corrected chi connectivity index (χ3v) is 2.95. The molecule has 0 aromatic heterocycles. The van der Waals surface area contributed by atoms with Crippen LogP contribution in [-0.4, -0.2) is 31.7 Å². The Hall–Kier alpha value is -0.770. The monoisotopic (exact) mass is 242 g/mol. The number of hydrogen-bond donors (Lipinski definition) is 1. The quantitative estimate of drug-likeness (QED) is 0.779. The van der Waals surface area contributed by atoms with Gasteiger partial charge in [-0.25, -0.2) is 0 Å². The Morgan fingerprint density at radius 1 is 1.44 bits per heavy atom. The first-order valence-electron chi connectivity index (χ1n) is 5.43. The maximum atomic E-state index is 6.13. The van der Waals surface area contributed by atoms with Crippen LogP contribution in [0.4, 0.5) is 5.69 Å². The summed E-state index contributed by atoms with van der Waals surface area (Å²) >= 11 is 6.13. The van der Waals surface area contributed by atoms with E-state index in [1.54, 1.807) is 7.11 Å². The molecule has 90 valence electrons. The fourth-order valence-corrected chi connectivity index (χ4v) is 1.78. The van der Waals surface area contributed by atoms with Crippen LogP contribution in [0.15, 0.2) is 18.2 Å². The van der Waals surface area contributed by atoms with Gasteiger partial charge in [0.1, 0.15) is 0 Å². The van der Waals surface area contributed by atoms with Crippen molar-refractivity contribution in [1.82, 2.24) is 4.90 Å². The summed E-state index contributed by atoms with van der Waals surface area (Å²) < 4.78 is 5.07. The van der Waals surface area contributed by atoms with E-state index in [1.807, 2.05) is 18.2 Å². The van der Waals surface area contributed by atoms with Gasteiger partial charge in [-0.05, 0) is 18.7 Å². The van der Waals surface area contributed by atoms with E-state index in [0.29, 0.717) is 0 Å². The van der Waals surface area contributed by atoms with Gasteiger partial charge in [0.2, 0.25) is 0 Å². The summed E-state index contributed by atoms with van der Waals surface area (Å²) in [5.41, 5.74) is 7.67. The summed E-state index contributed by atoms with van der Waals surface area (Å²) in [6.45, 7) is 5.44. The molecule has 1 aromatic rings. The number of benzene rings is 1. The van der Waals surface area contributed by atoms with Gasteiger partial charge in [-0.15, -0.1) is 0 Å². The molecule has 4 heteroatoms. The molecular formula is C12H19ClN2O. The smallest absolute Gasteiger partial charge is 0.0589 e. The van der Waals surface area contributed by atoms with Crippen LogP contribution in [0.2, 0.25) is 5.02 Å². The molecule has 0 spiro atoms. The minimum absolute atomic E-state index is 0.720. The van der Waals surface area contributed by atoms with Gasteiger partial charge in [0.15, 0.2) is 0 Å². The number of halogens is 1. The number of methoxy groups -OCH3 is 1. The van der Waals surface area contributed by atoms with Crippen molar-refractivity contribution < 1.29 is 4.74 Å². The highest BCUT2D eigenvalue weighted by atomic mass is 35.5. The normalized spacial score (nSPS) is 11.0. The van der Waals surface area contributed by atoms with Crippen molar-refractivity contribution in [1.29, 1.82) is 0 Å². The average molecular weight is 243 g/mol. The second kappa shape index (κ2) is 6.74. The fraction of sp³-hybridized carbons (Fsp3) is 0.500. The molecule has 0 bridgehead atoms. The molecule has 0 saturated carbocycles. The van der Waals surface area contributed by atoms with E-state index in [0.717, 1.165) is 42.5 Å². The van der Waals surface area contributed by atoms with Gasteiger partial charge >= 0.3 is 0 Å². The molecule has 0 aliphatic rings. The predicted molar refractivity (Wildman–Crippen MR) is 68.7 cm³/mol. The molecule has 0 amide bonds. The summed E-state index contributed by atoms with van der Waals surface area (Å²) in [4.78, 5) is 2.25. The molecule has 0 aliphatic carbocycles. The third-order valence-electron chi connectivity index (χ3n) is 2.60. The first-order valence-corrected chi connectivity index (χ1v) is 5.81. The molecule has 1 rings (SSSR count). The first kappa shape index (κ1) is 13.3. The molecule has 0 aliphatic heterocycles. The number of hydrogen-bond acceptors (Lipinski definition) is 3. The summed E-state index contributed by atoms with van der Waals surface area (Å²) in [6.07, 6.45) is 0. The largest absolute Gasteiger partial charge is 0.398 e.